The van der Waals surface area contributed by atoms with E-state index in [1.165, 1.54) is 12.1 Å². The molecule has 7 heteroatoms. The number of H-pyrrole nitrogens is 1. The van der Waals surface area contributed by atoms with Crippen LogP contribution in [0.2, 0.25) is 0 Å². The Bertz CT molecular complexity index is 1240. The number of nitrogens with zero attached hydrogens (tertiary/aromatic N) is 2. The highest BCUT2D eigenvalue weighted by atomic mass is 19.1. The predicted molar refractivity (Wildman–Crippen MR) is 135 cm³/mol. The summed E-state index contributed by atoms with van der Waals surface area (Å²) < 4.78 is 49.9. The quantitative estimate of drug-likeness (QED) is 0.414. The van der Waals surface area contributed by atoms with Gasteiger partial charge in [-0.1, -0.05) is 25.1 Å². The number of nitrogens with one attached hydrogen (secondary N) is 1. The number of hydrogen-bond donors (Lipinski definition) is 1. The number of likely N-dealkylation sites (tertiary alicyclic amines) is 1. The Balaban J connectivity index is 1.34. The summed E-state index contributed by atoms with van der Waals surface area (Å²) in [5.74, 6) is -0.938. The topological polar surface area (TPSA) is 31.5 Å². The highest BCUT2D eigenvalue weighted by Crippen LogP contribution is 2.50. The Morgan fingerprint density at radius 2 is 1.83 bits per heavy atom. The van der Waals surface area contributed by atoms with Crippen LogP contribution in [0.5, 0.6) is 5.75 Å². The standard InChI is InChI=1S/C29H34F3N3O/c1-18-12-22-21-6-3-4-7-25(21)33-27(22)28(35(18)17-29(2)8-9-29)26-23(31)13-19(14-24(26)32)36-20-15-34(16-20)11-5-10-30/h3-4,6-7,13-14,18,20,28,33H,5,8-12,15-17H2,1-2H3/t18-,28-/m1/s1. The summed E-state index contributed by atoms with van der Waals surface area (Å²) in [5.41, 5.74) is 3.34. The van der Waals surface area contributed by atoms with E-state index in [0.29, 0.717) is 26.1 Å². The number of aromatic amines is 1. The Morgan fingerprint density at radius 3 is 2.53 bits per heavy atom. The first-order valence-corrected chi connectivity index (χ1v) is 13.1. The highest BCUT2D eigenvalue weighted by Gasteiger charge is 2.45. The summed E-state index contributed by atoms with van der Waals surface area (Å²) >= 11 is 0. The smallest absolute Gasteiger partial charge is 0.135 e. The molecular weight excluding hydrogens is 463 g/mol. The third-order valence-corrected chi connectivity index (χ3v) is 8.35. The summed E-state index contributed by atoms with van der Waals surface area (Å²) in [6.45, 7) is 6.87. The maximum atomic E-state index is 15.8. The second-order valence-electron chi connectivity index (χ2n) is 11.3. The minimum absolute atomic E-state index is 0.0872. The van der Waals surface area contributed by atoms with E-state index in [1.54, 1.807) is 0 Å². The van der Waals surface area contributed by atoms with E-state index in [1.807, 2.05) is 18.2 Å². The fourth-order valence-electron chi connectivity index (χ4n) is 6.02. The van der Waals surface area contributed by atoms with Gasteiger partial charge in [0.2, 0.25) is 0 Å². The summed E-state index contributed by atoms with van der Waals surface area (Å²) in [4.78, 5) is 7.90. The average Bonchev–Trinajstić information content (AvgIpc) is 3.44. The van der Waals surface area contributed by atoms with E-state index in [9.17, 15) is 4.39 Å². The molecule has 36 heavy (non-hydrogen) atoms. The van der Waals surface area contributed by atoms with Gasteiger partial charge in [-0.3, -0.25) is 14.2 Å². The molecule has 1 N–H and O–H groups in total. The Labute approximate surface area is 210 Å². The van der Waals surface area contributed by atoms with Crippen molar-refractivity contribution < 1.29 is 17.9 Å². The zero-order chi connectivity index (χ0) is 25.0. The largest absolute Gasteiger partial charge is 0.488 e. The maximum Gasteiger partial charge on any atom is 0.135 e. The molecule has 2 atom stereocenters. The molecule has 3 heterocycles. The van der Waals surface area contributed by atoms with E-state index in [-0.39, 0.29) is 35.5 Å². The van der Waals surface area contributed by atoms with Gasteiger partial charge in [-0.25, -0.2) is 8.78 Å². The van der Waals surface area contributed by atoms with Crippen LogP contribution in [0.25, 0.3) is 10.9 Å². The molecule has 0 amide bonds. The minimum Gasteiger partial charge on any atom is -0.488 e. The number of ether oxygens (including phenoxy) is 1. The lowest BCUT2D eigenvalue weighted by Crippen LogP contribution is -2.53. The predicted octanol–water partition coefficient (Wildman–Crippen LogP) is 6.00. The second-order valence-corrected chi connectivity index (χ2v) is 11.3. The molecule has 192 valence electrons. The molecule has 2 fully saturated rings. The Kier molecular flexibility index (Phi) is 6.03. The van der Waals surface area contributed by atoms with Crippen LogP contribution in [0.15, 0.2) is 36.4 Å². The molecule has 1 saturated carbocycles. The third kappa shape index (κ3) is 4.30. The van der Waals surface area contributed by atoms with Gasteiger partial charge >= 0.3 is 0 Å². The molecule has 1 aromatic heterocycles. The molecule has 6 rings (SSSR count). The molecule has 2 aliphatic heterocycles. The van der Waals surface area contributed by atoms with E-state index in [4.69, 9.17) is 4.74 Å². The molecule has 0 radical (unpaired) electrons. The third-order valence-electron chi connectivity index (χ3n) is 8.35. The number of halogens is 3. The highest BCUT2D eigenvalue weighted by molar-refractivity contribution is 5.85. The van der Waals surface area contributed by atoms with Gasteiger partial charge < -0.3 is 9.72 Å². The van der Waals surface area contributed by atoms with E-state index < -0.39 is 17.7 Å². The van der Waals surface area contributed by atoms with Crippen molar-refractivity contribution >= 4 is 10.9 Å². The normalized spacial score (nSPS) is 24.0. The first-order valence-electron chi connectivity index (χ1n) is 13.1. The van der Waals surface area contributed by atoms with E-state index in [0.717, 1.165) is 48.0 Å². The molecule has 1 aliphatic carbocycles. The molecule has 0 spiro atoms. The van der Waals surface area contributed by atoms with Crippen molar-refractivity contribution in [2.24, 2.45) is 5.41 Å². The number of hydrogen-bond acceptors (Lipinski definition) is 3. The molecular formula is C29H34F3N3O. The van der Waals surface area contributed by atoms with Gasteiger partial charge in [0.05, 0.1) is 12.7 Å². The van der Waals surface area contributed by atoms with Crippen LogP contribution in [0.3, 0.4) is 0 Å². The Morgan fingerprint density at radius 1 is 1.11 bits per heavy atom. The number of aromatic nitrogens is 1. The van der Waals surface area contributed by atoms with Crippen molar-refractivity contribution in [1.82, 2.24) is 14.8 Å². The molecule has 0 bridgehead atoms. The summed E-state index contributed by atoms with van der Waals surface area (Å²) in [5, 5.41) is 1.13. The van der Waals surface area contributed by atoms with Crippen molar-refractivity contribution in [3.05, 3.63) is 64.9 Å². The molecule has 3 aliphatic rings. The van der Waals surface area contributed by atoms with Gasteiger partial charge in [-0.15, -0.1) is 0 Å². The second kappa shape index (κ2) is 9.10. The van der Waals surface area contributed by atoms with E-state index in [2.05, 4.69) is 34.7 Å². The van der Waals surface area contributed by atoms with Crippen LogP contribution >= 0.6 is 0 Å². The van der Waals surface area contributed by atoms with Gasteiger partial charge in [-0.2, -0.15) is 0 Å². The number of benzene rings is 2. The zero-order valence-corrected chi connectivity index (χ0v) is 21.0. The van der Waals surface area contributed by atoms with E-state index >= 15 is 8.78 Å². The van der Waals surface area contributed by atoms with Crippen molar-refractivity contribution in [1.29, 1.82) is 0 Å². The zero-order valence-electron chi connectivity index (χ0n) is 21.0. The SMILES string of the molecule is C[C@@H]1Cc2c([nH]c3ccccc23)[C@@H](c2c(F)cc(OC3CN(CCCF)C3)cc2F)N1CC1(C)CC1. The minimum atomic E-state index is -0.576. The van der Waals surface area contributed by atoms with Crippen molar-refractivity contribution in [2.75, 3.05) is 32.9 Å². The average molecular weight is 498 g/mol. The van der Waals surface area contributed by atoms with Gasteiger partial charge in [0.1, 0.15) is 23.5 Å². The monoisotopic (exact) mass is 497 g/mol. The van der Waals surface area contributed by atoms with Crippen molar-refractivity contribution in [2.45, 2.75) is 57.7 Å². The van der Waals surface area contributed by atoms with Crippen LogP contribution in [-0.2, 0) is 6.42 Å². The number of fused-ring (bicyclic) bond motifs is 3. The van der Waals surface area contributed by atoms with Gasteiger partial charge in [-0.05, 0) is 49.7 Å². The molecule has 3 aromatic rings. The Hall–Kier alpha value is -2.51. The van der Waals surface area contributed by atoms with Gasteiger partial charge in [0.25, 0.3) is 0 Å². The fourth-order valence-corrected chi connectivity index (χ4v) is 6.02. The lowest BCUT2D eigenvalue weighted by molar-refractivity contribution is 0.0180. The maximum absolute atomic E-state index is 15.8. The van der Waals surface area contributed by atoms with Crippen molar-refractivity contribution in [3.8, 4) is 5.75 Å². The summed E-state index contributed by atoms with van der Waals surface area (Å²) in [6.07, 6.45) is 3.50. The van der Waals surface area contributed by atoms with Crippen LogP contribution in [-0.4, -0.2) is 59.8 Å². The number of para-hydroxylation sites is 1. The summed E-state index contributed by atoms with van der Waals surface area (Å²) in [6, 6.07) is 10.4. The first-order chi connectivity index (χ1) is 17.3. The first kappa shape index (κ1) is 23.9. The van der Waals surface area contributed by atoms with Crippen LogP contribution in [0, 0.1) is 17.0 Å². The number of alkyl halides is 1. The van der Waals surface area contributed by atoms with Crippen LogP contribution in [0.1, 0.15) is 56.0 Å². The van der Waals surface area contributed by atoms with Crippen molar-refractivity contribution in [3.63, 3.8) is 0 Å². The van der Waals surface area contributed by atoms with Crippen LogP contribution in [0.4, 0.5) is 13.2 Å². The molecule has 2 aromatic carbocycles. The summed E-state index contributed by atoms with van der Waals surface area (Å²) in [7, 11) is 0. The fraction of sp³-hybridized carbons (Fsp3) is 0.517. The van der Waals surface area contributed by atoms with Crippen LogP contribution < -0.4 is 4.74 Å². The molecule has 0 unspecified atom stereocenters. The number of rotatable bonds is 8. The molecule has 4 nitrogen and oxygen atoms in total. The molecule has 1 saturated heterocycles. The van der Waals surface area contributed by atoms with Gasteiger partial charge in [0, 0.05) is 66.5 Å². The van der Waals surface area contributed by atoms with Gasteiger partial charge in [0.15, 0.2) is 0 Å². The lowest BCUT2D eigenvalue weighted by Gasteiger charge is -2.42. The lowest BCUT2D eigenvalue weighted by atomic mass is 9.87.